The number of hydrogen-bond acceptors (Lipinski definition) is 9. The molecule has 2 aromatic carbocycles. The molecule has 4 N–H and O–H groups in total. The maximum absolute atomic E-state index is 14.2. The van der Waals surface area contributed by atoms with Crippen molar-refractivity contribution in [2.45, 2.75) is 63.1 Å². The lowest BCUT2D eigenvalue weighted by Crippen LogP contribution is -2.56. The van der Waals surface area contributed by atoms with Crippen LogP contribution < -0.4 is 16.4 Å². The molecule has 0 aliphatic carbocycles. The van der Waals surface area contributed by atoms with Gasteiger partial charge in [0, 0.05) is 97.6 Å². The number of carbonyl (C=O) groups is 4. The summed E-state index contributed by atoms with van der Waals surface area (Å²) in [5, 5.41) is 6.02. The number of nitrogen functional groups attached to an aromatic ring is 1. The Morgan fingerprint density at radius 3 is 2.22 bits per heavy atom. The molecular weight excluding hydrogens is 830 g/mol. The normalized spacial score (nSPS) is 20.2. The fourth-order valence-electron chi connectivity index (χ4n) is 8.45. The molecule has 0 bridgehead atoms. The zero-order valence-corrected chi connectivity index (χ0v) is 35.5. The van der Waals surface area contributed by atoms with Crippen LogP contribution in [0.2, 0.25) is 0 Å². The number of amides is 4. The first kappa shape index (κ1) is 41.6. The number of piperidine rings is 2. The lowest BCUT2D eigenvalue weighted by Gasteiger charge is -2.42. The molecule has 0 spiro atoms. The minimum Gasteiger partial charge on any atom is -0.397 e. The maximum Gasteiger partial charge on any atom is 0.322 e. The zero-order valence-electron chi connectivity index (χ0n) is 32.3. The van der Waals surface area contributed by atoms with Gasteiger partial charge < -0.3 is 36.0 Å². The molecule has 13 nitrogen and oxygen atoms in total. The number of ketones is 1. The number of piperazine rings is 1. The second kappa shape index (κ2) is 19.4. The van der Waals surface area contributed by atoms with E-state index in [2.05, 4.69) is 76.2 Å². The minimum absolute atomic E-state index is 0.0163. The summed E-state index contributed by atoms with van der Waals surface area (Å²) in [6.07, 6.45) is 5.01. The highest BCUT2D eigenvalue weighted by Crippen LogP contribution is 2.31. The van der Waals surface area contributed by atoms with Crippen LogP contribution in [0.15, 0.2) is 45.3 Å². The molecule has 55 heavy (non-hydrogen) atoms. The second-order valence-corrected chi connectivity index (χ2v) is 17.4. The van der Waals surface area contributed by atoms with E-state index in [-0.39, 0.29) is 42.6 Å². The summed E-state index contributed by atoms with van der Waals surface area (Å²) in [7, 11) is 4.25. The van der Waals surface area contributed by atoms with Crippen LogP contribution >= 0.6 is 31.9 Å². The summed E-state index contributed by atoms with van der Waals surface area (Å²) < 4.78 is 1.15. The van der Waals surface area contributed by atoms with Crippen LogP contribution in [0.4, 0.5) is 16.2 Å². The van der Waals surface area contributed by atoms with Crippen LogP contribution in [0.3, 0.4) is 0 Å². The van der Waals surface area contributed by atoms with Gasteiger partial charge in [0.1, 0.15) is 6.04 Å². The molecule has 300 valence electrons. The van der Waals surface area contributed by atoms with E-state index in [4.69, 9.17) is 5.73 Å². The summed E-state index contributed by atoms with van der Waals surface area (Å²) in [6, 6.07) is 10.5. The van der Waals surface area contributed by atoms with Gasteiger partial charge in [-0.3, -0.25) is 24.2 Å². The van der Waals surface area contributed by atoms with Crippen molar-refractivity contribution >= 4 is 66.9 Å². The lowest BCUT2D eigenvalue weighted by molar-refractivity contribution is -0.138. The number of anilines is 2. The molecule has 15 heteroatoms. The van der Waals surface area contributed by atoms with Crippen LogP contribution in [-0.2, 0) is 16.0 Å². The molecule has 4 amide bonds. The van der Waals surface area contributed by atoms with Crippen molar-refractivity contribution in [2.75, 3.05) is 104 Å². The van der Waals surface area contributed by atoms with Gasteiger partial charge in [-0.2, -0.15) is 0 Å². The van der Waals surface area contributed by atoms with Crippen molar-refractivity contribution in [3.8, 4) is 0 Å². The predicted molar refractivity (Wildman–Crippen MR) is 223 cm³/mol. The van der Waals surface area contributed by atoms with Gasteiger partial charge in [-0.15, -0.1) is 0 Å². The molecule has 1 atom stereocenters. The number of hydrogen-bond donors (Lipinski definition) is 3. The average Bonchev–Trinajstić information content (AvgIpc) is 3.34. The number of rotatable bonds is 13. The van der Waals surface area contributed by atoms with Gasteiger partial charge in [0.05, 0.1) is 12.2 Å². The van der Waals surface area contributed by atoms with Gasteiger partial charge >= 0.3 is 6.03 Å². The second-order valence-electron chi connectivity index (χ2n) is 15.7. The van der Waals surface area contributed by atoms with Gasteiger partial charge in [-0.25, -0.2) is 4.79 Å². The molecule has 0 radical (unpaired) electrons. The molecule has 6 rings (SSSR count). The Morgan fingerprint density at radius 1 is 0.891 bits per heavy atom. The third kappa shape index (κ3) is 11.1. The van der Waals surface area contributed by atoms with Crippen molar-refractivity contribution in [3.05, 3.63) is 56.5 Å². The predicted octanol–water partition coefficient (Wildman–Crippen LogP) is 3.97. The number of nitrogens with one attached hydrogen (secondary N) is 2. The Morgan fingerprint density at radius 2 is 1.55 bits per heavy atom. The first-order valence-electron chi connectivity index (χ1n) is 19.8. The SMILES string of the molecule is CN(C)CCCN1CCN(C2CCN(CC(=O)N[C@H](CC(=O)c3cc(Br)c(N)c(Br)c3)C(=O)N3CCC(N4CCc5ccccc5NC4=O)CC3)CC2)CC1. The van der Waals surface area contributed by atoms with Crippen LogP contribution in [0, 0.1) is 0 Å². The van der Waals surface area contributed by atoms with E-state index in [0.29, 0.717) is 58.7 Å². The molecule has 4 aliphatic rings. The summed E-state index contributed by atoms with van der Waals surface area (Å²) in [5.74, 6) is -0.804. The van der Waals surface area contributed by atoms with E-state index in [9.17, 15) is 19.2 Å². The number of nitrogens with zero attached hydrogens (tertiary/aromatic N) is 6. The molecule has 4 heterocycles. The Hall–Kier alpha value is -3.08. The molecular formula is C40H57Br2N9O4. The van der Waals surface area contributed by atoms with Crippen molar-refractivity contribution in [1.82, 2.24) is 34.7 Å². The van der Waals surface area contributed by atoms with E-state index in [1.54, 1.807) is 17.0 Å². The van der Waals surface area contributed by atoms with Crippen LogP contribution in [0.25, 0.3) is 0 Å². The zero-order chi connectivity index (χ0) is 39.1. The molecule has 3 saturated heterocycles. The maximum atomic E-state index is 14.2. The van der Waals surface area contributed by atoms with E-state index >= 15 is 0 Å². The Labute approximate surface area is 342 Å². The molecule has 3 fully saturated rings. The number of nitrogens with two attached hydrogens (primary N) is 1. The van der Waals surface area contributed by atoms with Gasteiger partial charge in [-0.05, 0) is 121 Å². The molecule has 0 saturated carbocycles. The van der Waals surface area contributed by atoms with E-state index in [1.807, 2.05) is 29.2 Å². The summed E-state index contributed by atoms with van der Waals surface area (Å²) in [4.78, 5) is 67.9. The highest BCUT2D eigenvalue weighted by molar-refractivity contribution is 9.11. The number of benzene rings is 2. The Kier molecular flexibility index (Phi) is 14.6. The third-order valence-corrected chi connectivity index (χ3v) is 13.0. The monoisotopic (exact) mass is 885 g/mol. The van der Waals surface area contributed by atoms with Crippen molar-refractivity contribution in [1.29, 1.82) is 0 Å². The number of carbonyl (C=O) groups excluding carboxylic acids is 4. The molecule has 0 aromatic heterocycles. The quantitative estimate of drug-likeness (QED) is 0.202. The Balaban J connectivity index is 1.03. The summed E-state index contributed by atoms with van der Waals surface area (Å²) >= 11 is 6.85. The molecule has 4 aliphatic heterocycles. The summed E-state index contributed by atoms with van der Waals surface area (Å²) in [6.45, 7) is 9.91. The molecule has 2 aromatic rings. The van der Waals surface area contributed by atoms with Crippen molar-refractivity contribution < 1.29 is 19.2 Å². The highest BCUT2D eigenvalue weighted by atomic mass is 79.9. The summed E-state index contributed by atoms with van der Waals surface area (Å²) in [5.41, 5.74) is 8.90. The smallest absolute Gasteiger partial charge is 0.322 e. The van der Waals surface area contributed by atoms with Crippen molar-refractivity contribution in [3.63, 3.8) is 0 Å². The van der Waals surface area contributed by atoms with Gasteiger partial charge in [0.25, 0.3) is 0 Å². The fourth-order valence-corrected chi connectivity index (χ4v) is 9.64. The van der Waals surface area contributed by atoms with E-state index < -0.39 is 6.04 Å². The number of urea groups is 1. The van der Waals surface area contributed by atoms with E-state index in [0.717, 1.165) is 82.9 Å². The van der Waals surface area contributed by atoms with Gasteiger partial charge in [0.2, 0.25) is 11.8 Å². The number of fused-ring (bicyclic) bond motifs is 1. The fraction of sp³-hybridized carbons (Fsp3) is 0.600. The topological polar surface area (TPSA) is 138 Å². The van der Waals surface area contributed by atoms with Crippen molar-refractivity contribution in [2.24, 2.45) is 0 Å². The minimum atomic E-state index is -1.02. The van der Waals surface area contributed by atoms with Gasteiger partial charge in [0.15, 0.2) is 5.78 Å². The van der Waals surface area contributed by atoms with Crippen LogP contribution in [0.5, 0.6) is 0 Å². The first-order valence-corrected chi connectivity index (χ1v) is 21.4. The third-order valence-electron chi connectivity index (χ3n) is 11.7. The standard InChI is InChI=1S/C40H57Br2N9O4/c1-46(2)13-5-14-47-20-22-49(23-21-47)30-9-15-48(16-10-30)27-37(53)44-35(26-36(52)29-24-32(41)38(43)33(42)25-29)39(54)50-17-11-31(12-18-50)51-19-8-28-6-3-4-7-34(28)45-40(51)55/h3-4,6-7,24-25,30-31,35H,5,8-23,26-27,43H2,1-2H3,(H,44,53)(H,45,55)/t35-/m1/s1. The largest absolute Gasteiger partial charge is 0.397 e. The Bertz CT molecular complexity index is 1650. The van der Waals surface area contributed by atoms with Gasteiger partial charge in [-0.1, -0.05) is 18.2 Å². The first-order chi connectivity index (χ1) is 26.4. The van der Waals surface area contributed by atoms with E-state index in [1.165, 1.54) is 6.42 Å². The number of para-hydroxylation sites is 1. The number of likely N-dealkylation sites (tertiary alicyclic amines) is 2. The average molecular weight is 888 g/mol. The lowest BCUT2D eigenvalue weighted by atomic mass is 9.99. The molecule has 0 unspecified atom stereocenters. The highest BCUT2D eigenvalue weighted by Gasteiger charge is 2.35. The number of Topliss-reactive ketones (excluding diaryl/α,β-unsaturated/α-hetero) is 1. The number of halogens is 2. The van der Waals surface area contributed by atoms with Crippen LogP contribution in [0.1, 0.15) is 54.4 Å². The van der Waals surface area contributed by atoms with Crippen LogP contribution in [-0.4, -0.2) is 164 Å².